The lowest BCUT2D eigenvalue weighted by molar-refractivity contribution is -0.0222. The fourth-order valence-corrected chi connectivity index (χ4v) is 3.15. The molecule has 0 spiro atoms. The van der Waals surface area contributed by atoms with Crippen molar-refractivity contribution in [3.05, 3.63) is 10.4 Å². The number of aliphatic hydroxyl groups is 3. The first-order chi connectivity index (χ1) is 11.5. The van der Waals surface area contributed by atoms with Gasteiger partial charge in [-0.25, -0.2) is 0 Å². The van der Waals surface area contributed by atoms with Crippen molar-refractivity contribution in [1.82, 2.24) is 9.97 Å². The fraction of sp³-hybridized carbons (Fsp3) is 0.714. The van der Waals surface area contributed by atoms with Gasteiger partial charge in [0.15, 0.2) is 12.0 Å². The molecule has 24 heavy (non-hydrogen) atoms. The number of nitrogens with zero attached hydrogens (tertiary/aromatic N) is 3. The van der Waals surface area contributed by atoms with E-state index in [1.54, 1.807) is 4.90 Å². The minimum absolute atomic E-state index is 0.0344. The number of ether oxygens (including phenoxy) is 1. The second kappa shape index (κ2) is 6.55. The zero-order chi connectivity index (χ0) is 17.4. The number of aromatic amines is 1. The lowest BCUT2D eigenvalue weighted by Gasteiger charge is -2.28. The van der Waals surface area contributed by atoms with Gasteiger partial charge in [-0.3, -0.25) is 9.78 Å². The zero-order valence-corrected chi connectivity index (χ0v) is 13.4. The van der Waals surface area contributed by atoms with Crippen molar-refractivity contribution in [2.24, 2.45) is 0 Å². The number of aliphatic hydroxyl groups excluding tert-OH is 3. The molecule has 2 aliphatic rings. The smallest absolute Gasteiger partial charge is 0.278 e. The molecular weight excluding hydrogens is 318 g/mol. The maximum absolute atomic E-state index is 12.3. The Morgan fingerprint density at radius 1 is 1.42 bits per heavy atom. The Bertz CT molecular complexity index is 653. The number of hydrogen-bond acceptors (Lipinski definition) is 9. The zero-order valence-electron chi connectivity index (χ0n) is 13.4. The molecule has 0 bridgehead atoms. The molecule has 10 nitrogen and oxygen atoms in total. The number of aromatic nitrogens is 2. The van der Waals surface area contributed by atoms with Crippen molar-refractivity contribution in [2.75, 3.05) is 35.4 Å². The molecule has 1 aromatic heterocycles. The molecule has 1 saturated heterocycles. The van der Waals surface area contributed by atoms with Crippen LogP contribution < -0.4 is 21.1 Å². The van der Waals surface area contributed by atoms with E-state index >= 15 is 0 Å². The molecule has 3 rings (SSSR count). The van der Waals surface area contributed by atoms with Crippen LogP contribution in [0.15, 0.2) is 4.79 Å². The second-order valence-corrected chi connectivity index (χ2v) is 6.08. The SMILES string of the molecule is CCCCN1CN([C@@H]2O[C@H](CO)[C@@H](O)[C@H]2O)c2nc(N)[nH]c(=O)c21. The van der Waals surface area contributed by atoms with Crippen molar-refractivity contribution < 1.29 is 20.1 Å². The highest BCUT2D eigenvalue weighted by atomic mass is 16.6. The molecule has 1 aromatic rings. The quantitative estimate of drug-likeness (QED) is 0.417. The number of nitrogens with two attached hydrogens (primary N) is 1. The van der Waals surface area contributed by atoms with E-state index < -0.39 is 31.1 Å². The van der Waals surface area contributed by atoms with Gasteiger partial charge >= 0.3 is 0 Å². The molecule has 0 saturated carbocycles. The summed E-state index contributed by atoms with van der Waals surface area (Å²) in [6.07, 6.45) is -2.42. The Morgan fingerprint density at radius 2 is 2.17 bits per heavy atom. The van der Waals surface area contributed by atoms with Crippen molar-refractivity contribution in [3.63, 3.8) is 0 Å². The summed E-state index contributed by atoms with van der Waals surface area (Å²) >= 11 is 0. The van der Waals surface area contributed by atoms with E-state index in [0.29, 0.717) is 18.1 Å². The predicted octanol–water partition coefficient (Wildman–Crippen LogP) is -1.82. The first-order valence-corrected chi connectivity index (χ1v) is 8.01. The third-order valence-electron chi connectivity index (χ3n) is 4.41. The fourth-order valence-electron chi connectivity index (χ4n) is 3.15. The van der Waals surface area contributed by atoms with Crippen LogP contribution in [-0.2, 0) is 4.74 Å². The number of nitrogen functional groups attached to an aromatic ring is 1. The summed E-state index contributed by atoms with van der Waals surface area (Å²) < 4.78 is 5.56. The van der Waals surface area contributed by atoms with E-state index in [4.69, 9.17) is 10.5 Å². The van der Waals surface area contributed by atoms with Gasteiger partial charge < -0.3 is 35.6 Å². The van der Waals surface area contributed by atoms with E-state index in [-0.39, 0.29) is 18.2 Å². The van der Waals surface area contributed by atoms with Gasteiger partial charge in [-0.15, -0.1) is 0 Å². The third kappa shape index (κ3) is 2.71. The van der Waals surface area contributed by atoms with Crippen LogP contribution in [0.4, 0.5) is 17.5 Å². The van der Waals surface area contributed by atoms with E-state index in [9.17, 15) is 20.1 Å². The van der Waals surface area contributed by atoms with Crippen LogP contribution in [0.25, 0.3) is 0 Å². The van der Waals surface area contributed by atoms with E-state index in [2.05, 4.69) is 9.97 Å². The monoisotopic (exact) mass is 341 g/mol. The number of H-pyrrole nitrogens is 1. The Morgan fingerprint density at radius 3 is 2.79 bits per heavy atom. The Hall–Kier alpha value is -1.88. The summed E-state index contributed by atoms with van der Waals surface area (Å²) in [5, 5.41) is 29.5. The van der Waals surface area contributed by atoms with Gasteiger partial charge in [-0.2, -0.15) is 4.98 Å². The molecule has 0 aromatic carbocycles. The average molecular weight is 341 g/mol. The number of anilines is 3. The summed E-state index contributed by atoms with van der Waals surface area (Å²) in [6, 6.07) is 0. The minimum Gasteiger partial charge on any atom is -0.394 e. The van der Waals surface area contributed by atoms with Crippen molar-refractivity contribution >= 4 is 17.5 Å². The van der Waals surface area contributed by atoms with Crippen LogP contribution in [0, 0.1) is 0 Å². The normalized spacial score (nSPS) is 29.3. The number of hydrogen-bond donors (Lipinski definition) is 5. The molecule has 0 aliphatic carbocycles. The molecule has 2 aliphatic heterocycles. The third-order valence-corrected chi connectivity index (χ3v) is 4.41. The molecule has 0 amide bonds. The Kier molecular flexibility index (Phi) is 4.63. The molecule has 134 valence electrons. The van der Waals surface area contributed by atoms with Crippen LogP contribution in [-0.4, -0.2) is 69.6 Å². The van der Waals surface area contributed by atoms with Gasteiger partial charge in [0.05, 0.1) is 13.3 Å². The first kappa shape index (κ1) is 17.0. The predicted molar refractivity (Wildman–Crippen MR) is 86.6 cm³/mol. The van der Waals surface area contributed by atoms with Crippen LogP contribution >= 0.6 is 0 Å². The first-order valence-electron chi connectivity index (χ1n) is 8.01. The van der Waals surface area contributed by atoms with Crippen LogP contribution in [0.2, 0.25) is 0 Å². The van der Waals surface area contributed by atoms with Crippen molar-refractivity contribution in [2.45, 2.75) is 44.3 Å². The Balaban J connectivity index is 1.95. The van der Waals surface area contributed by atoms with Gasteiger partial charge in [0.2, 0.25) is 5.95 Å². The standard InChI is InChI=1S/C14H23N5O5/c1-2-3-4-18-6-19(11-8(18)12(23)17-14(15)16-11)13-10(22)9(21)7(5-20)24-13/h7,9-10,13,20-22H,2-6H2,1H3,(H3,15,16,17,23)/t7-,9-,10-,13-/m1/s1. The molecule has 4 atom stereocenters. The lowest BCUT2D eigenvalue weighted by atomic mass is 10.1. The lowest BCUT2D eigenvalue weighted by Crippen LogP contribution is -2.46. The highest BCUT2D eigenvalue weighted by Gasteiger charge is 2.48. The van der Waals surface area contributed by atoms with Crippen molar-refractivity contribution in [3.8, 4) is 0 Å². The summed E-state index contributed by atoms with van der Waals surface area (Å²) in [7, 11) is 0. The number of rotatable bonds is 5. The largest absolute Gasteiger partial charge is 0.394 e. The number of nitrogens with one attached hydrogen (secondary N) is 1. The molecule has 0 radical (unpaired) electrons. The van der Waals surface area contributed by atoms with Gasteiger partial charge in [0.25, 0.3) is 5.56 Å². The molecular formula is C14H23N5O5. The van der Waals surface area contributed by atoms with E-state index in [0.717, 1.165) is 12.8 Å². The van der Waals surface area contributed by atoms with Crippen LogP contribution in [0.1, 0.15) is 19.8 Å². The number of fused-ring (bicyclic) bond motifs is 1. The molecule has 1 fully saturated rings. The summed E-state index contributed by atoms with van der Waals surface area (Å²) in [5.41, 5.74) is 5.66. The van der Waals surface area contributed by atoms with Gasteiger partial charge in [-0.1, -0.05) is 13.3 Å². The van der Waals surface area contributed by atoms with Crippen LogP contribution in [0.3, 0.4) is 0 Å². The van der Waals surface area contributed by atoms with Crippen LogP contribution in [0.5, 0.6) is 0 Å². The minimum atomic E-state index is -1.23. The molecule has 3 heterocycles. The van der Waals surface area contributed by atoms with Gasteiger partial charge in [0, 0.05) is 6.54 Å². The molecule has 0 unspecified atom stereocenters. The maximum atomic E-state index is 12.3. The number of unbranched alkanes of at least 4 members (excludes halogenated alkanes) is 1. The average Bonchev–Trinajstić information content (AvgIpc) is 3.04. The molecule has 10 heteroatoms. The summed E-state index contributed by atoms with van der Waals surface area (Å²) in [6.45, 7) is 2.55. The maximum Gasteiger partial charge on any atom is 0.278 e. The van der Waals surface area contributed by atoms with E-state index in [1.165, 1.54) is 0 Å². The summed E-state index contributed by atoms with van der Waals surface area (Å²) in [4.78, 5) is 22.4. The Labute approximate surface area is 138 Å². The highest BCUT2D eigenvalue weighted by molar-refractivity contribution is 5.73. The van der Waals surface area contributed by atoms with Gasteiger partial charge in [-0.05, 0) is 6.42 Å². The second-order valence-electron chi connectivity index (χ2n) is 6.08. The molecule has 6 N–H and O–H groups in total. The highest BCUT2D eigenvalue weighted by Crippen LogP contribution is 2.36. The van der Waals surface area contributed by atoms with Gasteiger partial charge in [0.1, 0.15) is 24.0 Å². The topological polar surface area (TPSA) is 148 Å². The summed E-state index contributed by atoms with van der Waals surface area (Å²) in [5.74, 6) is 0.273. The van der Waals surface area contributed by atoms with E-state index in [1.807, 2.05) is 11.8 Å². The van der Waals surface area contributed by atoms with Crippen molar-refractivity contribution in [1.29, 1.82) is 0 Å².